The molecule has 1 aliphatic heterocycles. The Labute approximate surface area is 129 Å². The molecule has 3 N–H and O–H groups in total. The number of anilines is 1. The van der Waals surface area contributed by atoms with Crippen molar-refractivity contribution in [3.8, 4) is 0 Å². The molecule has 1 aliphatic rings. The van der Waals surface area contributed by atoms with Crippen LogP contribution in [0.5, 0.6) is 0 Å². The minimum Gasteiger partial charge on any atom is -0.335 e. The van der Waals surface area contributed by atoms with Gasteiger partial charge in [-0.3, -0.25) is 9.35 Å². The molecule has 8 heteroatoms. The van der Waals surface area contributed by atoms with Crippen molar-refractivity contribution < 1.29 is 13.6 Å². The Hall–Kier alpha value is -2.29. The SMILES string of the molecule is Cn1ccnc1/C=C1/C(=O)Nc2ccc(CNS(=O)O)cc21. The summed E-state index contributed by atoms with van der Waals surface area (Å²) in [6.07, 6.45) is 5.19. The summed E-state index contributed by atoms with van der Waals surface area (Å²) >= 11 is -2.07. The largest absolute Gasteiger partial charge is 0.335 e. The summed E-state index contributed by atoms with van der Waals surface area (Å²) in [4.78, 5) is 16.3. The van der Waals surface area contributed by atoms with Crippen molar-refractivity contribution in [3.05, 3.63) is 47.5 Å². The number of fused-ring (bicyclic) bond motifs is 1. The monoisotopic (exact) mass is 318 g/mol. The van der Waals surface area contributed by atoms with E-state index in [9.17, 15) is 9.00 Å². The van der Waals surface area contributed by atoms with E-state index in [0.29, 0.717) is 11.4 Å². The Bertz CT molecular complexity index is 797. The topological polar surface area (TPSA) is 96.3 Å². The van der Waals surface area contributed by atoms with Crippen molar-refractivity contribution in [2.45, 2.75) is 6.54 Å². The predicted octanol–water partition coefficient (Wildman–Crippen LogP) is 1.14. The van der Waals surface area contributed by atoms with E-state index < -0.39 is 11.3 Å². The third-order valence-electron chi connectivity index (χ3n) is 3.40. The lowest BCUT2D eigenvalue weighted by Gasteiger charge is -2.04. The highest BCUT2D eigenvalue weighted by Crippen LogP contribution is 2.33. The average molecular weight is 318 g/mol. The molecule has 7 nitrogen and oxygen atoms in total. The lowest BCUT2D eigenvalue weighted by atomic mass is 10.0. The molecule has 1 aromatic carbocycles. The van der Waals surface area contributed by atoms with Gasteiger partial charge >= 0.3 is 0 Å². The molecule has 3 rings (SSSR count). The molecule has 2 aromatic rings. The molecule has 0 radical (unpaired) electrons. The van der Waals surface area contributed by atoms with Crippen LogP contribution in [0.2, 0.25) is 0 Å². The van der Waals surface area contributed by atoms with Gasteiger partial charge in [0.15, 0.2) is 0 Å². The Morgan fingerprint density at radius 1 is 1.50 bits per heavy atom. The second-order valence-corrected chi connectivity index (χ2v) is 5.65. The summed E-state index contributed by atoms with van der Waals surface area (Å²) in [5, 5.41) is 2.80. The van der Waals surface area contributed by atoms with Crippen LogP contribution >= 0.6 is 0 Å². The van der Waals surface area contributed by atoms with Gasteiger partial charge < -0.3 is 9.88 Å². The molecular formula is C14H14N4O3S. The van der Waals surface area contributed by atoms with Gasteiger partial charge in [-0.25, -0.2) is 13.9 Å². The van der Waals surface area contributed by atoms with Gasteiger partial charge in [0.05, 0.1) is 5.57 Å². The van der Waals surface area contributed by atoms with Crippen LogP contribution in [0.3, 0.4) is 0 Å². The number of imidazole rings is 1. The van der Waals surface area contributed by atoms with Gasteiger partial charge in [-0.15, -0.1) is 0 Å². The molecule has 2 heterocycles. The molecular weight excluding hydrogens is 304 g/mol. The fraction of sp³-hybridized carbons (Fsp3) is 0.143. The lowest BCUT2D eigenvalue weighted by Crippen LogP contribution is -2.15. The normalized spacial score (nSPS) is 16.6. The summed E-state index contributed by atoms with van der Waals surface area (Å²) in [5.74, 6) is 0.492. The van der Waals surface area contributed by atoms with Crippen LogP contribution in [-0.2, 0) is 29.7 Å². The maximum Gasteiger partial charge on any atom is 0.256 e. The highest BCUT2D eigenvalue weighted by molar-refractivity contribution is 7.77. The van der Waals surface area contributed by atoms with Crippen LogP contribution in [0.15, 0.2) is 30.6 Å². The van der Waals surface area contributed by atoms with Crippen LogP contribution in [0.4, 0.5) is 5.69 Å². The van der Waals surface area contributed by atoms with E-state index in [1.807, 2.05) is 17.7 Å². The van der Waals surface area contributed by atoms with Crippen molar-refractivity contribution in [1.29, 1.82) is 0 Å². The molecule has 0 saturated heterocycles. The highest BCUT2D eigenvalue weighted by atomic mass is 32.2. The molecule has 1 aromatic heterocycles. The van der Waals surface area contributed by atoms with Gasteiger partial charge in [0.2, 0.25) is 11.3 Å². The van der Waals surface area contributed by atoms with E-state index in [-0.39, 0.29) is 12.5 Å². The van der Waals surface area contributed by atoms with Crippen molar-refractivity contribution in [1.82, 2.24) is 14.3 Å². The first-order valence-corrected chi connectivity index (χ1v) is 7.63. The molecule has 22 heavy (non-hydrogen) atoms. The van der Waals surface area contributed by atoms with Gasteiger partial charge in [-0.2, -0.15) is 0 Å². The van der Waals surface area contributed by atoms with Gasteiger partial charge in [0.1, 0.15) is 5.82 Å². The number of nitrogens with one attached hydrogen (secondary N) is 2. The van der Waals surface area contributed by atoms with Crippen LogP contribution in [0, 0.1) is 0 Å². The molecule has 1 atom stereocenters. The number of carbonyl (C=O) groups excluding carboxylic acids is 1. The van der Waals surface area contributed by atoms with Gasteiger partial charge in [0, 0.05) is 37.2 Å². The zero-order chi connectivity index (χ0) is 15.7. The Balaban J connectivity index is 1.97. The zero-order valence-corrected chi connectivity index (χ0v) is 12.6. The summed E-state index contributed by atoms with van der Waals surface area (Å²) < 4.78 is 23.7. The first-order valence-electron chi connectivity index (χ1n) is 6.52. The fourth-order valence-corrected chi connectivity index (χ4v) is 2.57. The number of benzene rings is 1. The van der Waals surface area contributed by atoms with E-state index in [1.165, 1.54) is 0 Å². The van der Waals surface area contributed by atoms with Crippen molar-refractivity contribution in [2.24, 2.45) is 7.05 Å². The minimum absolute atomic E-state index is 0.186. The number of aromatic nitrogens is 2. The second kappa shape index (κ2) is 5.84. The van der Waals surface area contributed by atoms with Gasteiger partial charge in [-0.05, 0) is 23.8 Å². The molecule has 0 spiro atoms. The maximum atomic E-state index is 12.1. The first kappa shape index (κ1) is 14.6. The van der Waals surface area contributed by atoms with Crippen LogP contribution in [0.1, 0.15) is 17.0 Å². The number of aryl methyl sites for hydroxylation is 1. The Morgan fingerprint density at radius 2 is 2.32 bits per heavy atom. The third kappa shape index (κ3) is 2.84. The van der Waals surface area contributed by atoms with E-state index >= 15 is 0 Å². The van der Waals surface area contributed by atoms with E-state index in [2.05, 4.69) is 15.0 Å². The Morgan fingerprint density at radius 3 is 3.00 bits per heavy atom. The Kier molecular flexibility index (Phi) is 3.88. The number of amides is 1. The summed E-state index contributed by atoms with van der Waals surface area (Å²) in [6, 6.07) is 5.40. The number of carbonyl (C=O) groups is 1. The standard InChI is InChI=1S/C14H14N4O3S/c1-18-5-4-15-13(18)7-11-10-6-9(8-16-22(20)21)2-3-12(10)17-14(11)19/h2-7,16H,8H2,1H3,(H,17,19)(H,20,21)/b11-7+. The molecule has 0 aliphatic carbocycles. The third-order valence-corrected chi connectivity index (χ3v) is 3.79. The van der Waals surface area contributed by atoms with E-state index in [0.717, 1.165) is 16.8 Å². The quantitative estimate of drug-likeness (QED) is 0.582. The van der Waals surface area contributed by atoms with Crippen molar-refractivity contribution in [2.75, 3.05) is 5.32 Å². The van der Waals surface area contributed by atoms with Gasteiger partial charge in [-0.1, -0.05) is 6.07 Å². The molecule has 1 unspecified atom stereocenters. The van der Waals surface area contributed by atoms with E-state index in [1.54, 1.807) is 30.6 Å². The molecule has 0 bridgehead atoms. The van der Waals surface area contributed by atoms with Crippen molar-refractivity contribution >= 4 is 34.5 Å². The fourth-order valence-electron chi connectivity index (χ4n) is 2.28. The van der Waals surface area contributed by atoms with Crippen LogP contribution in [-0.4, -0.2) is 24.2 Å². The number of hydrogen-bond acceptors (Lipinski definition) is 3. The van der Waals surface area contributed by atoms with E-state index in [4.69, 9.17) is 4.55 Å². The minimum atomic E-state index is -2.07. The average Bonchev–Trinajstić information content (AvgIpc) is 3.01. The van der Waals surface area contributed by atoms with Crippen LogP contribution in [0.25, 0.3) is 11.6 Å². The molecule has 1 amide bonds. The first-order chi connectivity index (χ1) is 10.5. The second-order valence-electron chi connectivity index (χ2n) is 4.86. The molecule has 0 fully saturated rings. The van der Waals surface area contributed by atoms with Gasteiger partial charge in [0.25, 0.3) is 5.91 Å². The maximum absolute atomic E-state index is 12.1. The smallest absolute Gasteiger partial charge is 0.256 e. The number of hydrogen-bond donors (Lipinski definition) is 3. The molecule has 0 saturated carbocycles. The highest BCUT2D eigenvalue weighted by Gasteiger charge is 2.24. The zero-order valence-electron chi connectivity index (χ0n) is 11.7. The summed E-state index contributed by atoms with van der Waals surface area (Å²) in [6.45, 7) is 0.236. The van der Waals surface area contributed by atoms with Crippen molar-refractivity contribution in [3.63, 3.8) is 0 Å². The summed E-state index contributed by atoms with van der Waals surface area (Å²) in [5.41, 5.74) is 2.81. The lowest BCUT2D eigenvalue weighted by molar-refractivity contribution is -0.110. The van der Waals surface area contributed by atoms with Crippen LogP contribution < -0.4 is 10.0 Å². The summed E-state index contributed by atoms with van der Waals surface area (Å²) in [7, 11) is 1.85. The number of nitrogens with zero attached hydrogens (tertiary/aromatic N) is 2. The predicted molar refractivity (Wildman–Crippen MR) is 83.8 cm³/mol. The molecule has 114 valence electrons. The number of rotatable bonds is 4.